The summed E-state index contributed by atoms with van der Waals surface area (Å²) < 4.78 is 11.4. The van der Waals surface area contributed by atoms with E-state index in [-0.39, 0.29) is 12.3 Å². The number of halogens is 2. The molecular formula is C26H27Cl2N7O2S. The second kappa shape index (κ2) is 11.7. The van der Waals surface area contributed by atoms with Crippen molar-refractivity contribution in [1.82, 2.24) is 15.3 Å². The van der Waals surface area contributed by atoms with E-state index in [0.717, 1.165) is 26.2 Å². The average molecular weight is 573 g/mol. The first-order valence-electron chi connectivity index (χ1n) is 11.6. The Morgan fingerprint density at radius 1 is 1.18 bits per heavy atom. The molecule has 3 aromatic rings. The summed E-state index contributed by atoms with van der Waals surface area (Å²) >= 11 is 15.9. The van der Waals surface area contributed by atoms with Gasteiger partial charge >= 0.3 is 0 Å². The second-order valence-electron chi connectivity index (χ2n) is 9.00. The molecule has 2 aliphatic heterocycles. The van der Waals surface area contributed by atoms with Crippen molar-refractivity contribution >= 4 is 53.0 Å². The number of nitrogen functional groups attached to an aromatic ring is 1. The van der Waals surface area contributed by atoms with Gasteiger partial charge < -0.3 is 25.4 Å². The molecule has 2 aliphatic rings. The number of nitriles is 1. The predicted octanol–water partition coefficient (Wildman–Crippen LogP) is 4.20. The summed E-state index contributed by atoms with van der Waals surface area (Å²) in [5.41, 5.74) is 8.89. The van der Waals surface area contributed by atoms with Crippen LogP contribution in [0.2, 0.25) is 10.0 Å². The normalized spacial score (nSPS) is 14.9. The third-order valence-corrected chi connectivity index (χ3v) is 7.21. The highest BCUT2D eigenvalue weighted by Gasteiger charge is 2.48. The van der Waals surface area contributed by atoms with Gasteiger partial charge in [0.2, 0.25) is 0 Å². The number of nitrogens with two attached hydrogens (primary N) is 1. The molecule has 4 heterocycles. The number of pyridine rings is 2. The van der Waals surface area contributed by atoms with Crippen molar-refractivity contribution in [3.63, 3.8) is 0 Å². The topological polar surface area (TPSA) is 133 Å². The van der Waals surface area contributed by atoms with Crippen LogP contribution in [0.4, 0.5) is 11.5 Å². The van der Waals surface area contributed by atoms with Crippen LogP contribution in [0.15, 0.2) is 36.8 Å². The third-order valence-electron chi connectivity index (χ3n) is 6.56. The molecule has 9 nitrogen and oxygen atoms in total. The van der Waals surface area contributed by atoms with Gasteiger partial charge in [-0.15, -0.1) is 0 Å². The molecule has 12 heteroatoms. The van der Waals surface area contributed by atoms with Crippen LogP contribution in [0.25, 0.3) is 0 Å². The Morgan fingerprint density at radius 2 is 1.87 bits per heavy atom. The first-order chi connectivity index (χ1) is 18.3. The van der Waals surface area contributed by atoms with Crippen LogP contribution < -0.4 is 25.4 Å². The number of methoxy groups -OCH3 is 1. The van der Waals surface area contributed by atoms with Gasteiger partial charge in [0, 0.05) is 78.6 Å². The minimum Gasteiger partial charge on any atom is -0.493 e. The number of nitrogens with one attached hydrogen (secondary N) is 2. The molecule has 1 aromatic carbocycles. The van der Waals surface area contributed by atoms with Gasteiger partial charge in [-0.05, 0) is 18.4 Å². The minimum absolute atomic E-state index is 0.0644. The van der Waals surface area contributed by atoms with Gasteiger partial charge in [0.1, 0.15) is 18.5 Å². The lowest BCUT2D eigenvalue weighted by atomic mass is 9.74. The zero-order valence-corrected chi connectivity index (χ0v) is 23.3. The van der Waals surface area contributed by atoms with Crippen molar-refractivity contribution in [3.05, 3.63) is 69.1 Å². The average Bonchev–Trinajstić information content (AvgIpc) is 2.88. The van der Waals surface area contributed by atoms with E-state index in [1.807, 2.05) is 0 Å². The maximum absolute atomic E-state index is 9.77. The van der Waals surface area contributed by atoms with Gasteiger partial charge in [-0.2, -0.15) is 17.9 Å². The van der Waals surface area contributed by atoms with Gasteiger partial charge in [0.25, 0.3) is 0 Å². The SMILES string of the molecule is COc1cc(N)c(C(=N)c2cnc(N3CC4(CNC4)C3)c(C#N)c2)cc1OCc1c(Cl)cncc1Cl.CS. The van der Waals surface area contributed by atoms with Crippen LogP contribution in [-0.4, -0.2) is 55.2 Å². The fourth-order valence-corrected chi connectivity index (χ4v) is 4.96. The Bertz CT molecular complexity index is 1380. The summed E-state index contributed by atoms with van der Waals surface area (Å²) in [4.78, 5) is 10.6. The maximum Gasteiger partial charge on any atom is 0.162 e. The number of thiol groups is 1. The summed E-state index contributed by atoms with van der Waals surface area (Å²) in [5.74, 6) is 1.40. The van der Waals surface area contributed by atoms with Crippen LogP contribution in [-0.2, 0) is 6.61 Å². The van der Waals surface area contributed by atoms with Crippen LogP contribution >= 0.6 is 35.8 Å². The summed E-state index contributed by atoms with van der Waals surface area (Å²) in [5, 5.41) is 22.6. The fourth-order valence-electron chi connectivity index (χ4n) is 4.49. The molecular weight excluding hydrogens is 545 g/mol. The summed E-state index contributed by atoms with van der Waals surface area (Å²) in [6.45, 7) is 3.80. The highest BCUT2D eigenvalue weighted by molar-refractivity contribution is 7.79. The summed E-state index contributed by atoms with van der Waals surface area (Å²) in [6, 6.07) is 7.12. The van der Waals surface area contributed by atoms with E-state index in [4.69, 9.17) is 43.8 Å². The van der Waals surface area contributed by atoms with Gasteiger partial charge in [0.05, 0.1) is 28.4 Å². The van der Waals surface area contributed by atoms with E-state index in [1.54, 1.807) is 30.7 Å². The zero-order chi connectivity index (χ0) is 27.4. The van der Waals surface area contributed by atoms with Crippen LogP contribution in [0.5, 0.6) is 11.5 Å². The third kappa shape index (κ3) is 5.33. The van der Waals surface area contributed by atoms with E-state index in [0.29, 0.717) is 60.7 Å². The molecule has 0 amide bonds. The van der Waals surface area contributed by atoms with E-state index < -0.39 is 0 Å². The predicted molar refractivity (Wildman–Crippen MR) is 153 cm³/mol. The standard InChI is InChI=1S/C25H23Cl2N7O2.CH4S/c1-35-21-4-20(29)16(3-22(21)36-9-17-18(26)7-31-8-19(17)27)23(30)15-2-14(5-28)24(33-6-15)34-12-25(13-34)10-32-11-25;1-2/h2-4,6-8,30,32H,9-13,29H2,1H3;2H,1H3. The molecule has 2 saturated heterocycles. The van der Waals surface area contributed by atoms with E-state index >= 15 is 0 Å². The Labute approximate surface area is 236 Å². The number of ether oxygens (including phenoxy) is 2. The van der Waals surface area contributed by atoms with E-state index in [9.17, 15) is 5.26 Å². The van der Waals surface area contributed by atoms with Crippen molar-refractivity contribution in [2.24, 2.45) is 5.41 Å². The number of benzene rings is 1. The molecule has 2 fully saturated rings. The first kappa shape index (κ1) is 27.8. The van der Waals surface area contributed by atoms with Gasteiger partial charge in [0.15, 0.2) is 11.5 Å². The van der Waals surface area contributed by atoms with Crippen molar-refractivity contribution in [2.45, 2.75) is 6.61 Å². The molecule has 2 aromatic heterocycles. The fraction of sp³-hybridized carbons (Fsp3) is 0.308. The van der Waals surface area contributed by atoms with Gasteiger partial charge in [-0.25, -0.2) is 4.98 Å². The number of nitrogens with zero attached hydrogens (tertiary/aromatic N) is 4. The lowest BCUT2D eigenvalue weighted by molar-refractivity contribution is 0.120. The quantitative estimate of drug-likeness (QED) is 0.188. The largest absolute Gasteiger partial charge is 0.493 e. The molecule has 198 valence electrons. The van der Waals surface area contributed by atoms with Gasteiger partial charge in [-0.3, -0.25) is 10.4 Å². The van der Waals surface area contributed by atoms with Crippen LogP contribution in [0.1, 0.15) is 22.3 Å². The smallest absolute Gasteiger partial charge is 0.162 e. The maximum atomic E-state index is 9.77. The summed E-state index contributed by atoms with van der Waals surface area (Å²) in [7, 11) is 1.50. The Morgan fingerprint density at radius 3 is 2.45 bits per heavy atom. The van der Waals surface area contributed by atoms with Gasteiger partial charge in [-0.1, -0.05) is 23.2 Å². The number of hydrogen-bond acceptors (Lipinski definition) is 10. The van der Waals surface area contributed by atoms with Crippen molar-refractivity contribution < 1.29 is 9.47 Å². The molecule has 0 atom stereocenters. The van der Waals surface area contributed by atoms with Crippen molar-refractivity contribution in [3.8, 4) is 17.6 Å². The zero-order valence-electron chi connectivity index (χ0n) is 20.9. The highest BCUT2D eigenvalue weighted by atomic mass is 35.5. The molecule has 0 bridgehead atoms. The highest BCUT2D eigenvalue weighted by Crippen LogP contribution is 2.38. The molecule has 0 unspecified atom stereocenters. The lowest BCUT2D eigenvalue weighted by Gasteiger charge is -2.56. The Kier molecular flexibility index (Phi) is 8.53. The van der Waals surface area contributed by atoms with E-state index in [2.05, 4.69) is 38.9 Å². The molecule has 0 saturated carbocycles. The molecule has 0 radical (unpaired) electrons. The minimum atomic E-state index is 0.0644. The first-order valence-corrected chi connectivity index (χ1v) is 13.3. The number of aromatic nitrogens is 2. The van der Waals surface area contributed by atoms with E-state index in [1.165, 1.54) is 19.5 Å². The molecule has 1 spiro atoms. The van der Waals surface area contributed by atoms with Crippen molar-refractivity contribution in [2.75, 3.05) is 50.2 Å². The molecule has 38 heavy (non-hydrogen) atoms. The number of rotatable bonds is 7. The molecule has 5 rings (SSSR count). The monoisotopic (exact) mass is 571 g/mol. The number of hydrogen-bond donors (Lipinski definition) is 4. The Hall–Kier alpha value is -3.23. The van der Waals surface area contributed by atoms with Crippen LogP contribution in [0.3, 0.4) is 0 Å². The van der Waals surface area contributed by atoms with Crippen molar-refractivity contribution in [1.29, 1.82) is 10.7 Å². The van der Waals surface area contributed by atoms with Crippen LogP contribution in [0, 0.1) is 22.2 Å². The lowest BCUT2D eigenvalue weighted by Crippen LogP contribution is -2.71. The summed E-state index contributed by atoms with van der Waals surface area (Å²) in [6.07, 6.45) is 6.27. The molecule has 4 N–H and O–H groups in total. The molecule has 0 aliphatic carbocycles. The number of anilines is 2. The second-order valence-corrected chi connectivity index (χ2v) is 9.82. The Balaban J connectivity index is 0.00000164.